The second-order valence-electron chi connectivity index (χ2n) is 5.49. The Bertz CT molecular complexity index is 363. The van der Waals surface area contributed by atoms with Gasteiger partial charge in [0.1, 0.15) is 0 Å². The minimum absolute atomic E-state index is 0.573. The number of aromatic nitrogens is 2. The molecule has 0 aliphatic heterocycles. The van der Waals surface area contributed by atoms with Gasteiger partial charge < -0.3 is 5.32 Å². The van der Waals surface area contributed by atoms with Crippen LogP contribution in [0.2, 0.25) is 0 Å². The van der Waals surface area contributed by atoms with Gasteiger partial charge >= 0.3 is 0 Å². The second-order valence-corrected chi connectivity index (χ2v) is 5.49. The van der Waals surface area contributed by atoms with Gasteiger partial charge in [-0.25, -0.2) is 0 Å². The molecule has 0 bridgehead atoms. The highest BCUT2D eigenvalue weighted by Gasteiger charge is 2.41. The van der Waals surface area contributed by atoms with E-state index in [-0.39, 0.29) is 0 Å². The molecule has 16 heavy (non-hydrogen) atoms. The predicted octanol–water partition coefficient (Wildman–Crippen LogP) is 2.05. The molecule has 0 amide bonds. The monoisotopic (exact) mass is 221 g/mol. The molecular weight excluding hydrogens is 198 g/mol. The van der Waals surface area contributed by atoms with Crippen molar-refractivity contribution in [2.45, 2.75) is 46.1 Å². The minimum Gasteiger partial charge on any atom is -0.313 e. The molecule has 0 saturated heterocycles. The van der Waals surface area contributed by atoms with Gasteiger partial charge in [0.05, 0.1) is 5.69 Å². The summed E-state index contributed by atoms with van der Waals surface area (Å²) < 4.78 is 1.90. The van der Waals surface area contributed by atoms with Crippen LogP contribution in [0.3, 0.4) is 0 Å². The molecule has 90 valence electrons. The summed E-state index contributed by atoms with van der Waals surface area (Å²) in [4.78, 5) is 0. The van der Waals surface area contributed by atoms with Gasteiger partial charge in [0, 0.05) is 19.3 Å². The summed E-state index contributed by atoms with van der Waals surface area (Å²) in [6.45, 7) is 7.83. The Morgan fingerprint density at radius 2 is 2.25 bits per heavy atom. The Hall–Kier alpha value is -0.830. The highest BCUT2D eigenvalue weighted by Crippen LogP contribution is 2.47. The number of hydrogen-bond donors (Lipinski definition) is 1. The largest absolute Gasteiger partial charge is 0.313 e. The average Bonchev–Trinajstić information content (AvgIpc) is 2.88. The summed E-state index contributed by atoms with van der Waals surface area (Å²) in [5.74, 6) is 0. The number of nitrogens with one attached hydrogen (secondary N) is 1. The van der Waals surface area contributed by atoms with Gasteiger partial charge in [-0.05, 0) is 50.6 Å². The van der Waals surface area contributed by atoms with Crippen molar-refractivity contribution in [1.82, 2.24) is 15.1 Å². The lowest BCUT2D eigenvalue weighted by Gasteiger charge is -2.20. The van der Waals surface area contributed by atoms with E-state index in [9.17, 15) is 0 Å². The zero-order chi connectivity index (χ0) is 11.8. The van der Waals surface area contributed by atoms with Crippen LogP contribution in [-0.2, 0) is 13.5 Å². The van der Waals surface area contributed by atoms with Crippen molar-refractivity contribution in [3.63, 3.8) is 0 Å². The first-order valence-corrected chi connectivity index (χ1v) is 6.24. The molecule has 0 aromatic carbocycles. The molecule has 1 aromatic heterocycles. The standard InChI is InChI=1S/C13H23N3/c1-10-12(9-16(4)15-10)5-8-14-11(2)13(3)6-7-13/h9,11,14H,5-8H2,1-4H3. The van der Waals surface area contributed by atoms with Gasteiger partial charge in [0.2, 0.25) is 0 Å². The summed E-state index contributed by atoms with van der Waals surface area (Å²) in [7, 11) is 1.98. The lowest BCUT2D eigenvalue weighted by Crippen LogP contribution is -2.34. The van der Waals surface area contributed by atoms with E-state index in [1.54, 1.807) is 0 Å². The fourth-order valence-electron chi connectivity index (χ4n) is 2.19. The first kappa shape index (κ1) is 11.6. The Labute approximate surface area is 98.2 Å². The fourth-order valence-corrected chi connectivity index (χ4v) is 2.19. The van der Waals surface area contributed by atoms with Crippen LogP contribution < -0.4 is 5.32 Å². The van der Waals surface area contributed by atoms with Crippen molar-refractivity contribution in [2.75, 3.05) is 6.54 Å². The van der Waals surface area contributed by atoms with Crippen molar-refractivity contribution < 1.29 is 0 Å². The molecule has 3 heteroatoms. The van der Waals surface area contributed by atoms with E-state index in [0.717, 1.165) is 18.7 Å². The average molecular weight is 221 g/mol. The van der Waals surface area contributed by atoms with E-state index in [2.05, 4.69) is 37.4 Å². The first-order chi connectivity index (χ1) is 7.51. The van der Waals surface area contributed by atoms with Crippen molar-refractivity contribution in [3.05, 3.63) is 17.5 Å². The molecule has 3 nitrogen and oxygen atoms in total. The Morgan fingerprint density at radius 1 is 1.56 bits per heavy atom. The second kappa shape index (κ2) is 4.21. The van der Waals surface area contributed by atoms with Gasteiger partial charge in [-0.15, -0.1) is 0 Å². The van der Waals surface area contributed by atoms with Crippen LogP contribution in [0, 0.1) is 12.3 Å². The summed E-state index contributed by atoms with van der Waals surface area (Å²) in [6.07, 6.45) is 5.97. The summed E-state index contributed by atoms with van der Waals surface area (Å²) in [5.41, 5.74) is 3.10. The fraction of sp³-hybridized carbons (Fsp3) is 0.769. The van der Waals surface area contributed by atoms with Gasteiger partial charge in [0.25, 0.3) is 0 Å². The van der Waals surface area contributed by atoms with E-state index < -0.39 is 0 Å². The zero-order valence-corrected chi connectivity index (χ0v) is 10.9. The lowest BCUT2D eigenvalue weighted by atomic mass is 10.0. The first-order valence-electron chi connectivity index (χ1n) is 6.24. The SMILES string of the molecule is Cc1nn(C)cc1CCNC(C)C1(C)CC1. The van der Waals surface area contributed by atoms with Crippen molar-refractivity contribution in [2.24, 2.45) is 12.5 Å². The zero-order valence-electron chi connectivity index (χ0n) is 10.9. The summed E-state index contributed by atoms with van der Waals surface area (Å²) in [5, 5.41) is 7.99. The molecule has 0 radical (unpaired) electrons. The normalized spacial score (nSPS) is 19.8. The summed E-state index contributed by atoms with van der Waals surface area (Å²) in [6, 6.07) is 0.643. The van der Waals surface area contributed by atoms with E-state index >= 15 is 0 Å². The van der Waals surface area contributed by atoms with Gasteiger partial charge in [-0.2, -0.15) is 5.10 Å². The molecule has 1 saturated carbocycles. The smallest absolute Gasteiger partial charge is 0.0626 e. The van der Waals surface area contributed by atoms with E-state index in [0.29, 0.717) is 11.5 Å². The van der Waals surface area contributed by atoms with Gasteiger partial charge in [-0.3, -0.25) is 4.68 Å². The van der Waals surface area contributed by atoms with Crippen LogP contribution in [-0.4, -0.2) is 22.4 Å². The Morgan fingerprint density at radius 3 is 2.75 bits per heavy atom. The molecule has 1 aliphatic carbocycles. The quantitative estimate of drug-likeness (QED) is 0.824. The van der Waals surface area contributed by atoms with Crippen LogP contribution in [0.15, 0.2) is 6.20 Å². The number of hydrogen-bond acceptors (Lipinski definition) is 2. The molecule has 2 rings (SSSR count). The molecule has 1 fully saturated rings. The topological polar surface area (TPSA) is 29.9 Å². The third-order valence-electron chi connectivity index (χ3n) is 4.04. The van der Waals surface area contributed by atoms with Crippen molar-refractivity contribution in [3.8, 4) is 0 Å². The van der Waals surface area contributed by atoms with Crippen molar-refractivity contribution >= 4 is 0 Å². The van der Waals surface area contributed by atoms with Crippen LogP contribution in [0.5, 0.6) is 0 Å². The minimum atomic E-state index is 0.573. The molecule has 1 N–H and O–H groups in total. The van der Waals surface area contributed by atoms with Crippen LogP contribution >= 0.6 is 0 Å². The van der Waals surface area contributed by atoms with Crippen LogP contribution in [0.4, 0.5) is 0 Å². The van der Waals surface area contributed by atoms with Gasteiger partial charge in [-0.1, -0.05) is 6.92 Å². The van der Waals surface area contributed by atoms with Crippen LogP contribution in [0.25, 0.3) is 0 Å². The summed E-state index contributed by atoms with van der Waals surface area (Å²) >= 11 is 0. The third-order valence-corrected chi connectivity index (χ3v) is 4.04. The molecular formula is C13H23N3. The Kier molecular flexibility index (Phi) is 3.06. The lowest BCUT2D eigenvalue weighted by molar-refractivity contribution is 0.383. The molecule has 1 unspecified atom stereocenters. The van der Waals surface area contributed by atoms with E-state index in [1.807, 2.05) is 11.7 Å². The maximum Gasteiger partial charge on any atom is 0.0626 e. The number of nitrogens with zero attached hydrogens (tertiary/aromatic N) is 2. The maximum absolute atomic E-state index is 4.36. The van der Waals surface area contributed by atoms with Crippen LogP contribution in [0.1, 0.15) is 37.9 Å². The molecule has 1 atom stereocenters. The van der Waals surface area contributed by atoms with E-state index in [4.69, 9.17) is 0 Å². The molecule has 0 spiro atoms. The Balaban J connectivity index is 1.77. The van der Waals surface area contributed by atoms with E-state index in [1.165, 1.54) is 18.4 Å². The number of aryl methyl sites for hydroxylation is 2. The maximum atomic E-state index is 4.36. The molecule has 1 heterocycles. The highest BCUT2D eigenvalue weighted by molar-refractivity contribution is 5.15. The predicted molar refractivity (Wildman–Crippen MR) is 66.5 cm³/mol. The number of rotatable bonds is 5. The third kappa shape index (κ3) is 2.46. The van der Waals surface area contributed by atoms with Crippen molar-refractivity contribution in [1.29, 1.82) is 0 Å². The van der Waals surface area contributed by atoms with Gasteiger partial charge in [0.15, 0.2) is 0 Å². The molecule has 1 aliphatic rings. The molecule has 1 aromatic rings. The highest BCUT2D eigenvalue weighted by atomic mass is 15.2.